The van der Waals surface area contributed by atoms with E-state index in [4.69, 9.17) is 26.8 Å². The molecular formula is C21H19ClN2O3. The Morgan fingerprint density at radius 1 is 1.07 bits per heavy atom. The van der Waals surface area contributed by atoms with Gasteiger partial charge in [0.2, 0.25) is 0 Å². The molecule has 5 nitrogen and oxygen atoms in total. The highest BCUT2D eigenvalue weighted by atomic mass is 35.5. The maximum absolute atomic E-state index is 12.5. The van der Waals surface area contributed by atoms with Gasteiger partial charge in [0.05, 0.1) is 19.4 Å². The highest BCUT2D eigenvalue weighted by molar-refractivity contribution is 6.30. The molecular weight excluding hydrogens is 364 g/mol. The van der Waals surface area contributed by atoms with Crippen molar-refractivity contribution in [3.63, 3.8) is 0 Å². The zero-order valence-electron chi connectivity index (χ0n) is 15.0. The first kappa shape index (κ1) is 18.7. The summed E-state index contributed by atoms with van der Waals surface area (Å²) in [5.74, 6) is 0.355. The minimum Gasteiger partial charge on any atom is -0.497 e. The summed E-state index contributed by atoms with van der Waals surface area (Å²) in [6.07, 6.45) is 0. The molecule has 0 unspecified atom stereocenters. The lowest BCUT2D eigenvalue weighted by Gasteiger charge is -2.14. The van der Waals surface area contributed by atoms with Crippen molar-refractivity contribution < 1.29 is 14.3 Å². The average Bonchev–Trinajstić information content (AvgIpc) is 2.68. The third kappa shape index (κ3) is 4.04. The Hall–Kier alpha value is -3.05. The Morgan fingerprint density at radius 2 is 1.70 bits per heavy atom. The summed E-state index contributed by atoms with van der Waals surface area (Å²) < 4.78 is 10.4. The van der Waals surface area contributed by atoms with Crippen LogP contribution < -0.4 is 10.5 Å². The van der Waals surface area contributed by atoms with Crippen LogP contribution in [-0.2, 0) is 4.74 Å². The predicted molar refractivity (Wildman–Crippen MR) is 107 cm³/mol. The number of anilines is 1. The smallest absolute Gasteiger partial charge is 0.342 e. The number of halogens is 1. The van der Waals surface area contributed by atoms with Gasteiger partial charge in [-0.3, -0.25) is 0 Å². The van der Waals surface area contributed by atoms with Crippen LogP contribution in [0.15, 0.2) is 54.6 Å². The summed E-state index contributed by atoms with van der Waals surface area (Å²) in [4.78, 5) is 16.9. The Morgan fingerprint density at radius 3 is 2.30 bits per heavy atom. The highest BCUT2D eigenvalue weighted by Gasteiger charge is 2.21. The summed E-state index contributed by atoms with van der Waals surface area (Å²) in [6.45, 7) is 1.99. The van der Waals surface area contributed by atoms with Gasteiger partial charge in [0.1, 0.15) is 17.1 Å². The number of carbonyl (C=O) groups is 1. The molecule has 6 heteroatoms. The van der Waals surface area contributed by atoms with Crippen LogP contribution >= 0.6 is 11.6 Å². The fourth-order valence-electron chi connectivity index (χ4n) is 2.75. The van der Waals surface area contributed by atoms with E-state index in [1.54, 1.807) is 26.2 Å². The molecule has 2 aromatic carbocycles. The van der Waals surface area contributed by atoms with E-state index in [9.17, 15) is 4.79 Å². The van der Waals surface area contributed by atoms with Crippen LogP contribution in [0, 0.1) is 0 Å². The molecule has 0 aliphatic rings. The van der Waals surface area contributed by atoms with Crippen LogP contribution in [0.4, 0.5) is 5.82 Å². The molecule has 0 saturated heterocycles. The molecule has 0 bridgehead atoms. The van der Waals surface area contributed by atoms with Gasteiger partial charge >= 0.3 is 5.97 Å². The minimum absolute atomic E-state index is 0.117. The van der Waals surface area contributed by atoms with E-state index in [2.05, 4.69) is 4.98 Å². The molecule has 0 radical (unpaired) electrons. The van der Waals surface area contributed by atoms with E-state index >= 15 is 0 Å². The van der Waals surface area contributed by atoms with Crippen LogP contribution in [0.3, 0.4) is 0 Å². The molecule has 0 saturated carbocycles. The minimum atomic E-state index is -0.506. The van der Waals surface area contributed by atoms with Crippen molar-refractivity contribution in [3.05, 3.63) is 65.2 Å². The summed E-state index contributed by atoms with van der Waals surface area (Å²) >= 11 is 6.00. The molecule has 138 valence electrons. The van der Waals surface area contributed by atoms with Gasteiger partial charge in [0.15, 0.2) is 0 Å². The van der Waals surface area contributed by atoms with Gasteiger partial charge in [-0.15, -0.1) is 0 Å². The Balaban J connectivity index is 2.17. The zero-order valence-corrected chi connectivity index (χ0v) is 15.8. The fraction of sp³-hybridized carbons (Fsp3) is 0.143. The monoisotopic (exact) mass is 382 g/mol. The van der Waals surface area contributed by atoms with Gasteiger partial charge in [0, 0.05) is 16.1 Å². The Kier molecular flexibility index (Phi) is 5.62. The zero-order chi connectivity index (χ0) is 19.4. The molecule has 2 N–H and O–H groups in total. The summed E-state index contributed by atoms with van der Waals surface area (Å²) in [5, 5.41) is 0.605. The van der Waals surface area contributed by atoms with E-state index in [-0.39, 0.29) is 18.0 Å². The standard InChI is InChI=1S/C21H19ClN2O3/c1-3-27-21(25)19-17(13-4-8-15(22)9-5-13)12-18(24-20(19)23)14-6-10-16(26-2)11-7-14/h4-12H,3H2,1-2H3,(H2,23,24). The number of hydrogen-bond donors (Lipinski definition) is 1. The van der Waals surface area contributed by atoms with Crippen molar-refractivity contribution in [1.29, 1.82) is 0 Å². The second-order valence-electron chi connectivity index (χ2n) is 5.77. The van der Waals surface area contributed by atoms with Crippen molar-refractivity contribution in [2.24, 2.45) is 0 Å². The molecule has 0 atom stereocenters. The molecule has 3 rings (SSSR count). The Labute approximate surface area is 162 Å². The van der Waals surface area contributed by atoms with E-state index in [1.165, 1.54) is 0 Å². The lowest BCUT2D eigenvalue weighted by Crippen LogP contribution is -2.12. The SMILES string of the molecule is CCOC(=O)c1c(-c2ccc(Cl)cc2)cc(-c2ccc(OC)cc2)nc1N. The third-order valence-corrected chi connectivity index (χ3v) is 4.32. The second kappa shape index (κ2) is 8.10. The van der Waals surface area contributed by atoms with Crippen molar-refractivity contribution in [1.82, 2.24) is 4.98 Å². The summed E-state index contributed by atoms with van der Waals surface area (Å²) in [6, 6.07) is 16.5. The molecule has 1 heterocycles. The van der Waals surface area contributed by atoms with Crippen LogP contribution in [0.1, 0.15) is 17.3 Å². The maximum atomic E-state index is 12.5. The van der Waals surface area contributed by atoms with Gasteiger partial charge in [-0.1, -0.05) is 23.7 Å². The number of nitrogens with two attached hydrogens (primary N) is 1. The number of nitrogens with zero attached hydrogens (tertiary/aromatic N) is 1. The number of hydrogen-bond acceptors (Lipinski definition) is 5. The topological polar surface area (TPSA) is 74.4 Å². The number of esters is 1. The first-order valence-corrected chi connectivity index (χ1v) is 8.79. The lowest BCUT2D eigenvalue weighted by atomic mass is 9.98. The van der Waals surface area contributed by atoms with Gasteiger partial charge < -0.3 is 15.2 Å². The van der Waals surface area contributed by atoms with Gasteiger partial charge in [0.25, 0.3) is 0 Å². The largest absolute Gasteiger partial charge is 0.497 e. The summed E-state index contributed by atoms with van der Waals surface area (Å²) in [7, 11) is 1.61. The number of nitrogen functional groups attached to an aromatic ring is 1. The molecule has 0 aliphatic carbocycles. The summed E-state index contributed by atoms with van der Waals surface area (Å²) in [5.41, 5.74) is 9.34. The molecule has 0 aliphatic heterocycles. The van der Waals surface area contributed by atoms with Crippen molar-refractivity contribution >= 4 is 23.4 Å². The number of ether oxygens (including phenoxy) is 2. The molecule has 3 aromatic rings. The van der Waals surface area contributed by atoms with Crippen molar-refractivity contribution in [2.75, 3.05) is 19.5 Å². The van der Waals surface area contributed by atoms with Gasteiger partial charge in [-0.2, -0.15) is 0 Å². The van der Waals surface area contributed by atoms with E-state index < -0.39 is 5.97 Å². The normalized spacial score (nSPS) is 10.5. The van der Waals surface area contributed by atoms with Crippen LogP contribution in [0.2, 0.25) is 5.02 Å². The number of carbonyl (C=O) groups excluding carboxylic acids is 1. The number of methoxy groups -OCH3 is 1. The maximum Gasteiger partial charge on any atom is 0.342 e. The average molecular weight is 383 g/mol. The van der Waals surface area contributed by atoms with Gasteiger partial charge in [-0.25, -0.2) is 9.78 Å². The highest BCUT2D eigenvalue weighted by Crippen LogP contribution is 2.33. The first-order chi connectivity index (χ1) is 13.0. The van der Waals surface area contributed by atoms with Crippen molar-refractivity contribution in [2.45, 2.75) is 6.92 Å². The molecule has 27 heavy (non-hydrogen) atoms. The number of benzene rings is 2. The van der Waals surface area contributed by atoms with E-state index in [1.807, 2.05) is 42.5 Å². The molecule has 0 amide bonds. The molecule has 0 spiro atoms. The van der Waals surface area contributed by atoms with E-state index in [0.29, 0.717) is 16.3 Å². The van der Waals surface area contributed by atoms with Crippen LogP contribution in [0.25, 0.3) is 22.4 Å². The molecule has 0 fully saturated rings. The first-order valence-electron chi connectivity index (χ1n) is 8.41. The van der Waals surface area contributed by atoms with Crippen molar-refractivity contribution in [3.8, 4) is 28.1 Å². The van der Waals surface area contributed by atoms with Crippen LogP contribution in [0.5, 0.6) is 5.75 Å². The molecule has 1 aromatic heterocycles. The fourth-order valence-corrected chi connectivity index (χ4v) is 2.88. The van der Waals surface area contributed by atoms with Gasteiger partial charge in [-0.05, 0) is 55.0 Å². The quantitative estimate of drug-likeness (QED) is 0.639. The van der Waals surface area contributed by atoms with Crippen LogP contribution in [-0.4, -0.2) is 24.7 Å². The number of rotatable bonds is 5. The predicted octanol–water partition coefficient (Wildman–Crippen LogP) is 4.84. The second-order valence-corrected chi connectivity index (χ2v) is 6.21. The Bertz CT molecular complexity index is 954. The number of pyridine rings is 1. The van der Waals surface area contributed by atoms with E-state index in [0.717, 1.165) is 16.9 Å². The lowest BCUT2D eigenvalue weighted by molar-refractivity contribution is 0.0528. The number of aromatic nitrogens is 1. The third-order valence-electron chi connectivity index (χ3n) is 4.07.